The van der Waals surface area contributed by atoms with Gasteiger partial charge in [-0.1, -0.05) is 25.0 Å². The molecule has 2 aromatic rings. The summed E-state index contributed by atoms with van der Waals surface area (Å²) in [6.45, 7) is 1.21. The molecular formula is C17H19N3O2S2. The highest BCUT2D eigenvalue weighted by Gasteiger charge is 2.25. The van der Waals surface area contributed by atoms with Crippen LogP contribution in [0.25, 0.3) is 11.3 Å². The van der Waals surface area contributed by atoms with Gasteiger partial charge < -0.3 is 0 Å². The van der Waals surface area contributed by atoms with E-state index < -0.39 is 10.0 Å². The highest BCUT2D eigenvalue weighted by atomic mass is 32.2. The lowest BCUT2D eigenvalue weighted by Crippen LogP contribution is -2.31. The first-order valence-corrected chi connectivity index (χ1v) is 10.3. The van der Waals surface area contributed by atoms with E-state index in [1.54, 1.807) is 28.6 Å². The van der Waals surface area contributed by atoms with Crippen LogP contribution in [0.2, 0.25) is 0 Å². The second-order valence-corrected chi connectivity index (χ2v) is 8.68. The van der Waals surface area contributed by atoms with Gasteiger partial charge in [-0.3, -0.25) is 0 Å². The second-order valence-electron chi connectivity index (χ2n) is 5.80. The molecule has 7 heteroatoms. The lowest BCUT2D eigenvalue weighted by atomic mass is 10.2. The molecule has 1 saturated heterocycles. The molecule has 0 unspecified atom stereocenters. The maximum atomic E-state index is 12.8. The molecule has 126 valence electrons. The van der Waals surface area contributed by atoms with E-state index in [9.17, 15) is 8.42 Å². The molecule has 1 fully saturated rings. The summed E-state index contributed by atoms with van der Waals surface area (Å²) < 4.78 is 27.1. The Kier molecular flexibility index (Phi) is 5.29. The van der Waals surface area contributed by atoms with E-state index in [-0.39, 0.29) is 0 Å². The monoisotopic (exact) mass is 361 g/mol. The lowest BCUT2D eigenvalue weighted by Gasteiger charge is -2.19. The second kappa shape index (κ2) is 7.43. The molecular weight excluding hydrogens is 342 g/mol. The molecule has 1 aliphatic heterocycles. The average Bonchev–Trinajstić information content (AvgIpc) is 2.87. The summed E-state index contributed by atoms with van der Waals surface area (Å²) in [5.41, 5.74) is 1.65. The van der Waals surface area contributed by atoms with Gasteiger partial charge in [-0.25, -0.2) is 13.4 Å². The standard InChI is InChI=1S/C17H19N3O2S2/c18-10-9-17-19-16(13-23-17)14-5-7-15(8-6-14)24(21,22)20-11-3-1-2-4-12-20/h5-8,13H,1-4,9,11-12H2. The highest BCUT2D eigenvalue weighted by molar-refractivity contribution is 7.89. The summed E-state index contributed by atoms with van der Waals surface area (Å²) in [5.74, 6) is 0. The fraction of sp³-hybridized carbons (Fsp3) is 0.412. The van der Waals surface area contributed by atoms with E-state index in [2.05, 4.69) is 11.1 Å². The Morgan fingerprint density at radius 1 is 1.12 bits per heavy atom. The fourth-order valence-corrected chi connectivity index (χ4v) is 5.07. The summed E-state index contributed by atoms with van der Waals surface area (Å²) in [6, 6.07) is 8.96. The van der Waals surface area contributed by atoms with Crippen LogP contribution in [0, 0.1) is 11.3 Å². The first kappa shape index (κ1) is 17.1. The molecule has 0 radical (unpaired) electrons. The number of benzene rings is 1. The minimum Gasteiger partial charge on any atom is -0.240 e. The van der Waals surface area contributed by atoms with Crippen LogP contribution in [-0.2, 0) is 16.4 Å². The van der Waals surface area contributed by atoms with E-state index in [1.807, 2.05) is 5.38 Å². The summed E-state index contributed by atoms with van der Waals surface area (Å²) in [4.78, 5) is 4.73. The minimum absolute atomic E-state index is 0.298. The van der Waals surface area contributed by atoms with Crippen LogP contribution in [0.5, 0.6) is 0 Å². The van der Waals surface area contributed by atoms with Crippen molar-refractivity contribution in [3.8, 4) is 17.3 Å². The molecule has 3 rings (SSSR count). The van der Waals surface area contributed by atoms with Gasteiger partial charge >= 0.3 is 0 Å². The fourth-order valence-electron chi connectivity index (χ4n) is 2.82. The third-order valence-corrected chi connectivity index (χ3v) is 6.90. The molecule has 2 heterocycles. The third kappa shape index (κ3) is 3.66. The number of hydrogen-bond acceptors (Lipinski definition) is 5. The summed E-state index contributed by atoms with van der Waals surface area (Å²) in [6.07, 6.45) is 4.35. The Hall–Kier alpha value is -1.75. The average molecular weight is 361 g/mol. The molecule has 0 aliphatic carbocycles. The number of sulfonamides is 1. The van der Waals surface area contributed by atoms with Crippen molar-refractivity contribution in [3.63, 3.8) is 0 Å². The van der Waals surface area contributed by atoms with Crippen molar-refractivity contribution in [2.24, 2.45) is 0 Å². The molecule has 0 saturated carbocycles. The SMILES string of the molecule is N#CCc1nc(-c2ccc(S(=O)(=O)N3CCCCCC3)cc2)cs1. The summed E-state index contributed by atoms with van der Waals surface area (Å²) in [5, 5.41) is 11.4. The van der Waals surface area contributed by atoms with Crippen LogP contribution in [0.15, 0.2) is 34.5 Å². The molecule has 0 bridgehead atoms. The normalized spacial score (nSPS) is 16.5. The first-order valence-electron chi connectivity index (χ1n) is 8.03. The molecule has 5 nitrogen and oxygen atoms in total. The van der Waals surface area contributed by atoms with E-state index in [1.165, 1.54) is 11.3 Å². The molecule has 24 heavy (non-hydrogen) atoms. The maximum absolute atomic E-state index is 12.8. The van der Waals surface area contributed by atoms with Crippen LogP contribution in [0.4, 0.5) is 0 Å². The topological polar surface area (TPSA) is 74.1 Å². The van der Waals surface area contributed by atoms with Gasteiger partial charge in [0, 0.05) is 24.0 Å². The van der Waals surface area contributed by atoms with Crippen LogP contribution in [-0.4, -0.2) is 30.8 Å². The smallest absolute Gasteiger partial charge is 0.240 e. The van der Waals surface area contributed by atoms with Gasteiger partial charge in [-0.05, 0) is 25.0 Å². The van der Waals surface area contributed by atoms with Crippen molar-refractivity contribution in [3.05, 3.63) is 34.7 Å². The zero-order valence-electron chi connectivity index (χ0n) is 13.3. The number of hydrogen-bond donors (Lipinski definition) is 0. The number of nitriles is 1. The van der Waals surface area contributed by atoms with Gasteiger partial charge in [-0.15, -0.1) is 11.3 Å². The summed E-state index contributed by atoms with van der Waals surface area (Å²) in [7, 11) is -3.42. The van der Waals surface area contributed by atoms with Gasteiger partial charge in [0.1, 0.15) is 5.01 Å². The van der Waals surface area contributed by atoms with Crippen LogP contribution in [0.1, 0.15) is 30.7 Å². The molecule has 0 N–H and O–H groups in total. The van der Waals surface area contributed by atoms with Gasteiger partial charge in [0.15, 0.2) is 0 Å². The largest absolute Gasteiger partial charge is 0.243 e. The third-order valence-electron chi connectivity index (χ3n) is 4.13. The van der Waals surface area contributed by atoms with Gasteiger partial charge in [0.05, 0.1) is 23.1 Å². The van der Waals surface area contributed by atoms with Crippen molar-refractivity contribution in [1.29, 1.82) is 5.26 Å². The Labute approximate surface area is 146 Å². The van der Waals surface area contributed by atoms with E-state index in [0.717, 1.165) is 41.9 Å². The Morgan fingerprint density at radius 2 is 1.79 bits per heavy atom. The predicted octanol–water partition coefficient (Wildman–Crippen LogP) is 3.44. The lowest BCUT2D eigenvalue weighted by molar-refractivity contribution is 0.424. The molecule has 0 amide bonds. The molecule has 1 aromatic heterocycles. The van der Waals surface area contributed by atoms with Gasteiger partial charge in [0.25, 0.3) is 0 Å². The van der Waals surface area contributed by atoms with E-state index in [0.29, 0.717) is 24.4 Å². The minimum atomic E-state index is -3.42. The molecule has 0 atom stereocenters. The molecule has 1 aromatic carbocycles. The van der Waals surface area contributed by atoms with E-state index >= 15 is 0 Å². The quantitative estimate of drug-likeness (QED) is 0.836. The zero-order valence-corrected chi connectivity index (χ0v) is 14.9. The van der Waals surface area contributed by atoms with Crippen molar-refractivity contribution >= 4 is 21.4 Å². The predicted molar refractivity (Wildman–Crippen MR) is 94.1 cm³/mol. The van der Waals surface area contributed by atoms with Crippen molar-refractivity contribution in [2.75, 3.05) is 13.1 Å². The highest BCUT2D eigenvalue weighted by Crippen LogP contribution is 2.25. The molecule has 0 spiro atoms. The summed E-state index contributed by atoms with van der Waals surface area (Å²) >= 11 is 1.44. The Bertz CT molecular complexity index is 827. The number of rotatable bonds is 4. The van der Waals surface area contributed by atoms with E-state index in [4.69, 9.17) is 5.26 Å². The van der Waals surface area contributed by atoms with Crippen LogP contribution >= 0.6 is 11.3 Å². The van der Waals surface area contributed by atoms with Gasteiger partial charge in [-0.2, -0.15) is 9.57 Å². The van der Waals surface area contributed by atoms with Crippen molar-refractivity contribution in [1.82, 2.24) is 9.29 Å². The first-order chi connectivity index (χ1) is 11.6. The molecule has 1 aliphatic rings. The number of thiazole rings is 1. The number of aromatic nitrogens is 1. The van der Waals surface area contributed by atoms with Gasteiger partial charge in [0.2, 0.25) is 10.0 Å². The van der Waals surface area contributed by atoms with Crippen molar-refractivity contribution < 1.29 is 8.42 Å². The van der Waals surface area contributed by atoms with Crippen molar-refractivity contribution in [2.45, 2.75) is 37.0 Å². The van der Waals surface area contributed by atoms with Crippen LogP contribution in [0.3, 0.4) is 0 Å². The number of nitrogens with zero attached hydrogens (tertiary/aromatic N) is 3. The Morgan fingerprint density at radius 3 is 2.42 bits per heavy atom. The maximum Gasteiger partial charge on any atom is 0.243 e. The Balaban J connectivity index is 1.81. The van der Waals surface area contributed by atoms with Crippen LogP contribution < -0.4 is 0 Å². The zero-order chi connectivity index (χ0) is 17.0.